The highest BCUT2D eigenvalue weighted by Gasteiger charge is 2.22. The molecule has 1 fully saturated rings. The van der Waals surface area contributed by atoms with Crippen LogP contribution >= 0.6 is 0 Å². The Hall–Kier alpha value is -1.68. The summed E-state index contributed by atoms with van der Waals surface area (Å²) in [6.45, 7) is 2.18. The minimum atomic E-state index is 0.557. The van der Waals surface area contributed by atoms with Gasteiger partial charge in [0.05, 0.1) is 11.9 Å². The minimum Gasteiger partial charge on any atom is -0.316 e. The van der Waals surface area contributed by atoms with E-state index in [1.54, 1.807) is 0 Å². The highest BCUT2D eigenvalue weighted by Crippen LogP contribution is 2.31. The molecule has 1 atom stereocenters. The van der Waals surface area contributed by atoms with E-state index in [4.69, 9.17) is 0 Å². The fourth-order valence-corrected chi connectivity index (χ4v) is 2.76. The van der Waals surface area contributed by atoms with E-state index in [-0.39, 0.29) is 0 Å². The van der Waals surface area contributed by atoms with Crippen LogP contribution in [0.4, 0.5) is 0 Å². The van der Waals surface area contributed by atoms with Crippen molar-refractivity contribution in [3.63, 3.8) is 0 Å². The Labute approximate surface area is 107 Å². The van der Waals surface area contributed by atoms with Crippen LogP contribution in [0.2, 0.25) is 0 Å². The van der Waals surface area contributed by atoms with Gasteiger partial charge in [0.2, 0.25) is 0 Å². The third kappa shape index (κ3) is 2.04. The monoisotopic (exact) mass is 242 g/mol. The van der Waals surface area contributed by atoms with E-state index in [1.807, 2.05) is 36.4 Å². The van der Waals surface area contributed by atoms with Crippen LogP contribution in [0.15, 0.2) is 30.7 Å². The van der Waals surface area contributed by atoms with Gasteiger partial charge in [-0.25, -0.2) is 0 Å². The van der Waals surface area contributed by atoms with Crippen molar-refractivity contribution in [2.24, 2.45) is 7.05 Å². The predicted octanol–water partition coefficient (Wildman–Crippen LogP) is 1.95. The minimum absolute atomic E-state index is 0.557. The Kier molecular flexibility index (Phi) is 3.11. The van der Waals surface area contributed by atoms with Crippen molar-refractivity contribution in [2.75, 3.05) is 13.1 Å². The Balaban J connectivity index is 2.01. The summed E-state index contributed by atoms with van der Waals surface area (Å²) in [4.78, 5) is 4.20. The van der Waals surface area contributed by atoms with Gasteiger partial charge in [0.15, 0.2) is 0 Å². The number of hydrogen-bond acceptors (Lipinski definition) is 3. The largest absolute Gasteiger partial charge is 0.316 e. The van der Waals surface area contributed by atoms with E-state index in [1.165, 1.54) is 24.1 Å². The van der Waals surface area contributed by atoms with Gasteiger partial charge in [-0.1, -0.05) is 6.07 Å². The van der Waals surface area contributed by atoms with E-state index < -0.39 is 0 Å². The van der Waals surface area contributed by atoms with E-state index in [9.17, 15) is 0 Å². The van der Waals surface area contributed by atoms with E-state index in [0.29, 0.717) is 5.92 Å². The number of aromatic nitrogens is 3. The number of nitrogens with zero attached hydrogens (tertiary/aromatic N) is 3. The van der Waals surface area contributed by atoms with Gasteiger partial charge in [-0.05, 0) is 25.5 Å². The van der Waals surface area contributed by atoms with Gasteiger partial charge < -0.3 is 5.32 Å². The molecule has 1 aliphatic heterocycles. The van der Waals surface area contributed by atoms with Gasteiger partial charge in [0, 0.05) is 43.0 Å². The molecule has 18 heavy (non-hydrogen) atoms. The average Bonchev–Trinajstić information content (AvgIpc) is 2.83. The molecule has 1 saturated heterocycles. The van der Waals surface area contributed by atoms with Crippen LogP contribution in [0, 0.1) is 0 Å². The third-order valence-electron chi connectivity index (χ3n) is 3.64. The zero-order chi connectivity index (χ0) is 12.4. The Morgan fingerprint density at radius 2 is 2.33 bits per heavy atom. The summed E-state index contributed by atoms with van der Waals surface area (Å²) in [7, 11) is 2.03. The fraction of sp³-hybridized carbons (Fsp3) is 0.429. The lowest BCUT2D eigenvalue weighted by Crippen LogP contribution is -2.29. The smallest absolute Gasteiger partial charge is 0.0571 e. The maximum Gasteiger partial charge on any atom is 0.0571 e. The SMILES string of the molecule is Cn1ncc(-c2cccnc2)c1C1CCCNC1. The van der Waals surface area contributed by atoms with Crippen LogP contribution < -0.4 is 5.32 Å². The van der Waals surface area contributed by atoms with Crippen LogP contribution in [0.25, 0.3) is 11.1 Å². The van der Waals surface area contributed by atoms with E-state index in [0.717, 1.165) is 18.7 Å². The summed E-state index contributed by atoms with van der Waals surface area (Å²) in [5.74, 6) is 0.557. The van der Waals surface area contributed by atoms with Crippen molar-refractivity contribution in [1.82, 2.24) is 20.1 Å². The Morgan fingerprint density at radius 3 is 3.06 bits per heavy atom. The molecule has 0 radical (unpaired) electrons. The zero-order valence-electron chi connectivity index (χ0n) is 10.6. The molecule has 2 aromatic heterocycles. The Bertz CT molecular complexity index is 512. The number of hydrogen-bond donors (Lipinski definition) is 1. The second-order valence-corrected chi connectivity index (χ2v) is 4.85. The van der Waals surface area contributed by atoms with E-state index in [2.05, 4.69) is 21.5 Å². The molecule has 3 heterocycles. The molecule has 3 rings (SSSR count). The summed E-state index contributed by atoms with van der Waals surface area (Å²) in [5, 5.41) is 7.90. The molecule has 1 unspecified atom stereocenters. The zero-order valence-corrected chi connectivity index (χ0v) is 10.6. The molecular formula is C14H18N4. The van der Waals surface area contributed by atoms with Crippen LogP contribution in [0.3, 0.4) is 0 Å². The lowest BCUT2D eigenvalue weighted by atomic mass is 9.92. The molecule has 0 aliphatic carbocycles. The lowest BCUT2D eigenvalue weighted by molar-refractivity contribution is 0.442. The molecule has 94 valence electrons. The topological polar surface area (TPSA) is 42.7 Å². The average molecular weight is 242 g/mol. The van der Waals surface area contributed by atoms with Crippen molar-refractivity contribution in [3.05, 3.63) is 36.4 Å². The molecule has 0 amide bonds. The van der Waals surface area contributed by atoms with Gasteiger partial charge in [-0.15, -0.1) is 0 Å². The highest BCUT2D eigenvalue weighted by molar-refractivity contribution is 5.65. The molecule has 0 spiro atoms. The second kappa shape index (κ2) is 4.90. The first-order chi connectivity index (χ1) is 8.86. The standard InChI is InChI=1S/C14H18N4/c1-18-14(12-5-3-7-16-9-12)13(10-17-18)11-4-2-6-15-8-11/h2,4,6,8,10,12,16H,3,5,7,9H2,1H3. The second-order valence-electron chi connectivity index (χ2n) is 4.85. The number of pyridine rings is 1. The summed E-state index contributed by atoms with van der Waals surface area (Å²) in [6.07, 6.45) is 8.15. The molecular weight excluding hydrogens is 224 g/mol. The number of piperidine rings is 1. The van der Waals surface area contributed by atoms with Gasteiger partial charge >= 0.3 is 0 Å². The quantitative estimate of drug-likeness (QED) is 0.875. The molecule has 2 aromatic rings. The first-order valence-corrected chi connectivity index (χ1v) is 6.49. The van der Waals surface area contributed by atoms with Gasteiger partial charge in [0.1, 0.15) is 0 Å². The van der Waals surface area contributed by atoms with Crippen LogP contribution in [-0.4, -0.2) is 27.9 Å². The molecule has 4 heteroatoms. The number of rotatable bonds is 2. The van der Waals surface area contributed by atoms with Crippen LogP contribution in [0.5, 0.6) is 0 Å². The maximum absolute atomic E-state index is 4.43. The van der Waals surface area contributed by atoms with Gasteiger partial charge in [-0.2, -0.15) is 5.10 Å². The predicted molar refractivity (Wildman–Crippen MR) is 71.3 cm³/mol. The summed E-state index contributed by atoms with van der Waals surface area (Å²) in [6, 6.07) is 4.08. The van der Waals surface area contributed by atoms with Crippen molar-refractivity contribution in [2.45, 2.75) is 18.8 Å². The molecule has 0 bridgehead atoms. The van der Waals surface area contributed by atoms with Crippen LogP contribution in [0.1, 0.15) is 24.5 Å². The number of nitrogens with one attached hydrogen (secondary N) is 1. The van der Waals surface area contributed by atoms with Crippen molar-refractivity contribution in [3.8, 4) is 11.1 Å². The molecule has 1 N–H and O–H groups in total. The molecule has 0 saturated carbocycles. The lowest BCUT2D eigenvalue weighted by Gasteiger charge is -2.24. The van der Waals surface area contributed by atoms with Gasteiger partial charge in [-0.3, -0.25) is 9.67 Å². The summed E-state index contributed by atoms with van der Waals surface area (Å²) >= 11 is 0. The van der Waals surface area contributed by atoms with Crippen molar-refractivity contribution >= 4 is 0 Å². The Morgan fingerprint density at radius 1 is 1.39 bits per heavy atom. The normalized spacial score (nSPS) is 19.9. The van der Waals surface area contributed by atoms with Crippen LogP contribution in [-0.2, 0) is 7.05 Å². The summed E-state index contributed by atoms with van der Waals surface area (Å²) in [5.41, 5.74) is 3.71. The first kappa shape index (κ1) is 11.4. The number of aryl methyl sites for hydroxylation is 1. The molecule has 1 aliphatic rings. The molecule has 0 aromatic carbocycles. The maximum atomic E-state index is 4.43. The van der Waals surface area contributed by atoms with Gasteiger partial charge in [0.25, 0.3) is 0 Å². The first-order valence-electron chi connectivity index (χ1n) is 6.49. The van der Waals surface area contributed by atoms with Crippen molar-refractivity contribution < 1.29 is 0 Å². The fourth-order valence-electron chi connectivity index (χ4n) is 2.76. The summed E-state index contributed by atoms with van der Waals surface area (Å²) < 4.78 is 2.01. The third-order valence-corrected chi connectivity index (χ3v) is 3.64. The van der Waals surface area contributed by atoms with E-state index >= 15 is 0 Å². The highest BCUT2D eigenvalue weighted by atomic mass is 15.3. The molecule has 4 nitrogen and oxygen atoms in total. The van der Waals surface area contributed by atoms with Crippen molar-refractivity contribution in [1.29, 1.82) is 0 Å².